The maximum Gasteiger partial charge on any atom is 0.180 e. The van der Waals surface area contributed by atoms with E-state index in [2.05, 4.69) is 4.98 Å². The summed E-state index contributed by atoms with van der Waals surface area (Å²) in [5.74, 6) is 0.691. The Morgan fingerprint density at radius 1 is 1.14 bits per heavy atom. The number of methoxy groups -OCH3 is 1. The van der Waals surface area contributed by atoms with Gasteiger partial charge in [-0.2, -0.15) is 0 Å². The highest BCUT2D eigenvalue weighted by atomic mass is 32.2. The molecule has 0 aliphatic carbocycles. The average molecular weight is 302 g/mol. The van der Waals surface area contributed by atoms with Crippen molar-refractivity contribution in [1.29, 1.82) is 0 Å². The summed E-state index contributed by atoms with van der Waals surface area (Å²) in [5, 5.41) is 0. The molecule has 0 amide bonds. The Kier molecular flexibility index (Phi) is 3.17. The number of aromatic nitrogens is 2. The van der Waals surface area contributed by atoms with E-state index in [9.17, 15) is 8.42 Å². The van der Waals surface area contributed by atoms with Gasteiger partial charge in [-0.15, -0.1) is 0 Å². The summed E-state index contributed by atoms with van der Waals surface area (Å²) in [4.78, 5) is 4.83. The van der Waals surface area contributed by atoms with Crippen LogP contribution in [0.25, 0.3) is 16.9 Å². The number of benzene rings is 1. The number of hydrogen-bond donors (Lipinski definition) is 0. The van der Waals surface area contributed by atoms with Gasteiger partial charge in [0, 0.05) is 24.2 Å². The smallest absolute Gasteiger partial charge is 0.180 e. The third kappa shape index (κ3) is 2.50. The normalized spacial score (nSPS) is 11.7. The van der Waals surface area contributed by atoms with Crippen LogP contribution in [0, 0.1) is 0 Å². The maximum atomic E-state index is 11.5. The average Bonchev–Trinajstić information content (AvgIpc) is 2.90. The minimum Gasteiger partial charge on any atom is -0.493 e. The molecule has 3 aromatic rings. The molecule has 6 heteroatoms. The van der Waals surface area contributed by atoms with Crippen molar-refractivity contribution in [3.05, 3.63) is 48.8 Å². The summed E-state index contributed by atoms with van der Waals surface area (Å²) >= 11 is 0. The molecule has 0 saturated heterocycles. The zero-order valence-electron chi connectivity index (χ0n) is 11.6. The number of ether oxygens (including phenoxy) is 1. The highest BCUT2D eigenvalue weighted by molar-refractivity contribution is 7.90. The number of sulfone groups is 1. The van der Waals surface area contributed by atoms with Gasteiger partial charge in [0.15, 0.2) is 21.2 Å². The first-order chi connectivity index (χ1) is 9.99. The van der Waals surface area contributed by atoms with E-state index in [-0.39, 0.29) is 0 Å². The van der Waals surface area contributed by atoms with Crippen LogP contribution >= 0.6 is 0 Å². The first-order valence-corrected chi connectivity index (χ1v) is 8.20. The van der Waals surface area contributed by atoms with Crippen LogP contribution in [0.3, 0.4) is 0 Å². The summed E-state index contributed by atoms with van der Waals surface area (Å²) < 4.78 is 30.1. The van der Waals surface area contributed by atoms with Crippen molar-refractivity contribution in [2.45, 2.75) is 4.90 Å². The fraction of sp³-hybridized carbons (Fsp3) is 0.133. The highest BCUT2D eigenvalue weighted by Gasteiger charge is 2.10. The second kappa shape index (κ2) is 4.89. The molecular weight excluding hydrogens is 288 g/mol. The predicted octanol–water partition coefficient (Wildman–Crippen LogP) is 2.41. The van der Waals surface area contributed by atoms with E-state index in [4.69, 9.17) is 4.74 Å². The van der Waals surface area contributed by atoms with E-state index in [1.54, 1.807) is 31.4 Å². The summed E-state index contributed by atoms with van der Waals surface area (Å²) in [5.41, 5.74) is 2.34. The van der Waals surface area contributed by atoms with E-state index >= 15 is 0 Å². The van der Waals surface area contributed by atoms with Crippen molar-refractivity contribution in [2.75, 3.05) is 13.4 Å². The number of imidazole rings is 1. The molecule has 0 aliphatic rings. The van der Waals surface area contributed by atoms with Crippen molar-refractivity contribution in [2.24, 2.45) is 0 Å². The van der Waals surface area contributed by atoms with Gasteiger partial charge in [0.2, 0.25) is 0 Å². The van der Waals surface area contributed by atoms with E-state index in [0.717, 1.165) is 16.9 Å². The molecule has 0 bridgehead atoms. The van der Waals surface area contributed by atoms with E-state index < -0.39 is 9.84 Å². The standard InChI is InChI=1S/C15H14N2O3S/c1-20-14-4-3-9-17-10-13(16-15(14)17)11-5-7-12(8-6-11)21(2,18)19/h3-10H,1-2H3. The fourth-order valence-electron chi connectivity index (χ4n) is 2.16. The van der Waals surface area contributed by atoms with Crippen molar-refractivity contribution < 1.29 is 13.2 Å². The van der Waals surface area contributed by atoms with Gasteiger partial charge >= 0.3 is 0 Å². The Bertz CT molecular complexity index is 896. The zero-order valence-corrected chi connectivity index (χ0v) is 12.5. The second-order valence-corrected chi connectivity index (χ2v) is 6.75. The van der Waals surface area contributed by atoms with Crippen LogP contribution in [-0.2, 0) is 9.84 Å². The van der Waals surface area contributed by atoms with E-state index in [0.29, 0.717) is 10.6 Å². The minimum absolute atomic E-state index is 0.299. The Morgan fingerprint density at radius 3 is 2.48 bits per heavy atom. The van der Waals surface area contributed by atoms with Crippen LogP contribution in [0.2, 0.25) is 0 Å². The van der Waals surface area contributed by atoms with E-state index in [1.165, 1.54) is 6.26 Å². The molecule has 21 heavy (non-hydrogen) atoms. The van der Waals surface area contributed by atoms with Crippen LogP contribution in [-0.4, -0.2) is 31.2 Å². The van der Waals surface area contributed by atoms with Crippen LogP contribution < -0.4 is 4.74 Å². The van der Waals surface area contributed by atoms with E-state index in [1.807, 2.05) is 28.9 Å². The predicted molar refractivity (Wildman–Crippen MR) is 80.3 cm³/mol. The molecule has 0 saturated carbocycles. The van der Waals surface area contributed by atoms with Crippen LogP contribution in [0.5, 0.6) is 5.75 Å². The molecule has 0 N–H and O–H groups in total. The lowest BCUT2D eigenvalue weighted by atomic mass is 10.2. The molecule has 0 spiro atoms. The van der Waals surface area contributed by atoms with Gasteiger partial charge in [-0.05, 0) is 24.3 Å². The first kappa shape index (κ1) is 13.6. The van der Waals surface area contributed by atoms with Gasteiger partial charge in [0.25, 0.3) is 0 Å². The topological polar surface area (TPSA) is 60.7 Å². The molecule has 3 rings (SSSR count). The highest BCUT2D eigenvalue weighted by Crippen LogP contribution is 2.25. The Hall–Kier alpha value is -2.34. The number of fused-ring (bicyclic) bond motifs is 1. The Morgan fingerprint density at radius 2 is 1.86 bits per heavy atom. The number of pyridine rings is 1. The Labute approximate surface area is 122 Å². The molecule has 0 unspecified atom stereocenters. The number of rotatable bonds is 3. The molecule has 0 fully saturated rings. The largest absolute Gasteiger partial charge is 0.493 e. The summed E-state index contributed by atoms with van der Waals surface area (Å²) in [7, 11) is -1.58. The van der Waals surface area contributed by atoms with Crippen molar-refractivity contribution in [3.8, 4) is 17.0 Å². The lowest BCUT2D eigenvalue weighted by Gasteiger charge is -2.00. The SMILES string of the molecule is COc1cccn2cc(-c3ccc(S(C)(=O)=O)cc3)nc12. The molecule has 0 atom stereocenters. The summed E-state index contributed by atoms with van der Waals surface area (Å²) in [6.45, 7) is 0. The van der Waals surface area contributed by atoms with Crippen LogP contribution in [0.4, 0.5) is 0 Å². The third-order valence-electron chi connectivity index (χ3n) is 3.25. The second-order valence-electron chi connectivity index (χ2n) is 4.73. The van der Waals surface area contributed by atoms with Gasteiger partial charge in [0.1, 0.15) is 0 Å². The van der Waals surface area contributed by atoms with Gasteiger partial charge in [0.05, 0.1) is 17.7 Å². The molecular formula is C15H14N2O3S. The molecule has 0 aliphatic heterocycles. The third-order valence-corrected chi connectivity index (χ3v) is 4.37. The quantitative estimate of drug-likeness (QED) is 0.745. The van der Waals surface area contributed by atoms with Crippen molar-refractivity contribution in [1.82, 2.24) is 9.38 Å². The Balaban J connectivity index is 2.08. The van der Waals surface area contributed by atoms with Crippen molar-refractivity contribution in [3.63, 3.8) is 0 Å². The summed E-state index contributed by atoms with van der Waals surface area (Å²) in [6.07, 6.45) is 4.96. The summed E-state index contributed by atoms with van der Waals surface area (Å²) in [6, 6.07) is 10.4. The van der Waals surface area contributed by atoms with Gasteiger partial charge < -0.3 is 9.14 Å². The zero-order chi connectivity index (χ0) is 15.0. The molecule has 108 valence electrons. The number of hydrogen-bond acceptors (Lipinski definition) is 4. The lowest BCUT2D eigenvalue weighted by Crippen LogP contribution is -1.96. The fourth-order valence-corrected chi connectivity index (χ4v) is 2.79. The maximum absolute atomic E-state index is 11.5. The first-order valence-electron chi connectivity index (χ1n) is 6.31. The molecule has 1 aromatic carbocycles. The lowest BCUT2D eigenvalue weighted by molar-refractivity contribution is 0.417. The van der Waals surface area contributed by atoms with Gasteiger partial charge in [-0.25, -0.2) is 13.4 Å². The monoisotopic (exact) mass is 302 g/mol. The molecule has 0 radical (unpaired) electrons. The number of nitrogens with zero attached hydrogens (tertiary/aromatic N) is 2. The molecule has 2 heterocycles. The minimum atomic E-state index is -3.18. The van der Waals surface area contributed by atoms with Gasteiger partial charge in [-0.3, -0.25) is 0 Å². The van der Waals surface area contributed by atoms with Crippen LogP contribution in [0.15, 0.2) is 53.7 Å². The van der Waals surface area contributed by atoms with Crippen LogP contribution in [0.1, 0.15) is 0 Å². The molecule has 2 aromatic heterocycles. The molecule has 5 nitrogen and oxygen atoms in total. The van der Waals surface area contributed by atoms with Gasteiger partial charge in [-0.1, -0.05) is 12.1 Å². The van der Waals surface area contributed by atoms with Crippen molar-refractivity contribution >= 4 is 15.5 Å².